The Morgan fingerprint density at radius 1 is 1.05 bits per heavy atom. The summed E-state index contributed by atoms with van der Waals surface area (Å²) in [7, 11) is 1.57. The summed E-state index contributed by atoms with van der Waals surface area (Å²) in [5, 5.41) is 5.90. The van der Waals surface area contributed by atoms with Crippen molar-refractivity contribution >= 4 is 11.9 Å². The molecule has 4 N–H and O–H groups in total. The zero-order valence-corrected chi connectivity index (χ0v) is 22.5. The first-order chi connectivity index (χ1) is 18.8. The number of hydrogen-bond acceptors (Lipinski definition) is 5. The molecule has 0 aromatic heterocycles. The van der Waals surface area contributed by atoms with Crippen LogP contribution >= 0.6 is 0 Å². The van der Waals surface area contributed by atoms with Gasteiger partial charge in [-0.25, -0.2) is 29.0 Å². The van der Waals surface area contributed by atoms with E-state index < -0.39 is 35.1 Å². The van der Waals surface area contributed by atoms with Crippen molar-refractivity contribution in [3.05, 3.63) is 71.0 Å². The SMILES string of the molecule is COC[C@H](C)NC(=NC1CC(c2cc(F)cc(F)c2)(C2CCCCCCC2)NN1)NC(=O)c1cccc(F)c1. The fourth-order valence-electron chi connectivity index (χ4n) is 5.75. The maximum atomic E-state index is 14.4. The maximum Gasteiger partial charge on any atom is 0.258 e. The monoisotopic (exact) mass is 545 g/mol. The highest BCUT2D eigenvalue weighted by Gasteiger charge is 2.46. The molecular weight excluding hydrogens is 507 g/mol. The molecule has 2 fully saturated rings. The summed E-state index contributed by atoms with van der Waals surface area (Å²) >= 11 is 0. The standard InChI is InChI=1S/C29H38F3N5O2/c1-19(18-39-2)33-28(35-27(38)20-9-8-12-23(30)13-20)34-26-17-29(37-36-26,21-10-6-4-3-5-7-11-21)22-14-24(31)16-25(32)15-22/h8-9,12-16,19,21,26,36-37H,3-7,10-11,17-18H2,1-2H3,(H2,33,34,35,38)/t19-,26?,29?/m0/s1. The molecule has 1 saturated heterocycles. The minimum atomic E-state index is -0.746. The van der Waals surface area contributed by atoms with Crippen molar-refractivity contribution in [3.63, 3.8) is 0 Å². The molecule has 2 unspecified atom stereocenters. The number of nitrogens with one attached hydrogen (secondary N) is 4. The van der Waals surface area contributed by atoms with Gasteiger partial charge in [-0.05, 0) is 61.6 Å². The van der Waals surface area contributed by atoms with E-state index >= 15 is 0 Å². The lowest BCUT2D eigenvalue weighted by molar-refractivity contribution is 0.0974. The average molecular weight is 546 g/mol. The Morgan fingerprint density at radius 2 is 1.74 bits per heavy atom. The van der Waals surface area contributed by atoms with Crippen molar-refractivity contribution in [2.45, 2.75) is 76.0 Å². The van der Waals surface area contributed by atoms with Gasteiger partial charge < -0.3 is 10.1 Å². The Labute approximate surface area is 228 Å². The van der Waals surface area contributed by atoms with E-state index in [0.717, 1.165) is 50.7 Å². The zero-order chi connectivity index (χ0) is 27.8. The smallest absolute Gasteiger partial charge is 0.258 e. The van der Waals surface area contributed by atoms with Gasteiger partial charge >= 0.3 is 0 Å². The third kappa shape index (κ3) is 7.58. The number of benzene rings is 2. The first-order valence-electron chi connectivity index (χ1n) is 13.7. The van der Waals surface area contributed by atoms with Gasteiger partial charge in [-0.1, -0.05) is 38.2 Å². The van der Waals surface area contributed by atoms with E-state index in [-0.39, 0.29) is 23.5 Å². The average Bonchev–Trinajstić information content (AvgIpc) is 3.28. The number of halogens is 3. The van der Waals surface area contributed by atoms with Crippen molar-refractivity contribution in [1.82, 2.24) is 21.5 Å². The quantitative estimate of drug-likeness (QED) is 0.294. The molecule has 1 heterocycles. The molecule has 212 valence electrons. The molecule has 2 aliphatic rings. The van der Waals surface area contributed by atoms with Crippen LogP contribution in [-0.2, 0) is 10.3 Å². The Morgan fingerprint density at radius 3 is 2.41 bits per heavy atom. The van der Waals surface area contributed by atoms with Crippen LogP contribution in [0.2, 0.25) is 0 Å². The van der Waals surface area contributed by atoms with E-state index in [1.165, 1.54) is 36.8 Å². The number of hydrazine groups is 1. The molecular formula is C29H38F3N5O2. The van der Waals surface area contributed by atoms with Gasteiger partial charge in [0.15, 0.2) is 5.96 Å². The fraction of sp³-hybridized carbons (Fsp3) is 0.517. The molecule has 39 heavy (non-hydrogen) atoms. The lowest BCUT2D eigenvalue weighted by atomic mass is 9.71. The predicted molar refractivity (Wildman–Crippen MR) is 144 cm³/mol. The maximum absolute atomic E-state index is 14.4. The summed E-state index contributed by atoms with van der Waals surface area (Å²) in [5.41, 5.74) is 6.54. The highest BCUT2D eigenvalue weighted by Crippen LogP contribution is 2.43. The second-order valence-corrected chi connectivity index (χ2v) is 10.6. The van der Waals surface area contributed by atoms with Crippen LogP contribution in [0.4, 0.5) is 13.2 Å². The van der Waals surface area contributed by atoms with E-state index in [2.05, 4.69) is 21.5 Å². The molecule has 2 aromatic carbocycles. The predicted octanol–water partition coefficient (Wildman–Crippen LogP) is 4.89. The summed E-state index contributed by atoms with van der Waals surface area (Å²) in [6.07, 6.45) is 7.31. The van der Waals surface area contributed by atoms with Gasteiger partial charge in [-0.3, -0.25) is 10.1 Å². The van der Waals surface area contributed by atoms with Gasteiger partial charge in [0.05, 0.1) is 12.1 Å². The van der Waals surface area contributed by atoms with E-state index in [1.54, 1.807) is 7.11 Å². The van der Waals surface area contributed by atoms with Crippen LogP contribution < -0.4 is 21.5 Å². The van der Waals surface area contributed by atoms with Crippen LogP contribution in [0, 0.1) is 23.4 Å². The third-order valence-corrected chi connectivity index (χ3v) is 7.56. The number of ether oxygens (including phenoxy) is 1. The molecule has 10 heteroatoms. The molecule has 1 aliphatic carbocycles. The first-order valence-corrected chi connectivity index (χ1v) is 13.7. The number of nitrogens with zero attached hydrogens (tertiary/aromatic N) is 1. The summed E-state index contributed by atoms with van der Waals surface area (Å²) < 4.78 is 47.8. The van der Waals surface area contributed by atoms with E-state index in [9.17, 15) is 18.0 Å². The van der Waals surface area contributed by atoms with Crippen LogP contribution in [0.3, 0.4) is 0 Å². The van der Waals surface area contributed by atoms with Crippen molar-refractivity contribution in [2.75, 3.05) is 13.7 Å². The molecule has 3 atom stereocenters. The number of guanidine groups is 1. The van der Waals surface area contributed by atoms with Gasteiger partial charge in [0.2, 0.25) is 0 Å². The van der Waals surface area contributed by atoms with E-state index in [4.69, 9.17) is 9.73 Å². The topological polar surface area (TPSA) is 86.8 Å². The summed E-state index contributed by atoms with van der Waals surface area (Å²) in [6, 6.07) is 8.89. The first kappa shape index (κ1) is 29.0. The molecule has 7 nitrogen and oxygen atoms in total. The minimum Gasteiger partial charge on any atom is -0.383 e. The third-order valence-electron chi connectivity index (χ3n) is 7.56. The molecule has 1 amide bonds. The number of methoxy groups -OCH3 is 1. The van der Waals surface area contributed by atoms with Crippen LogP contribution in [0.25, 0.3) is 0 Å². The Bertz CT molecular complexity index is 1140. The van der Waals surface area contributed by atoms with Crippen molar-refractivity contribution in [3.8, 4) is 0 Å². The molecule has 1 aliphatic heterocycles. The summed E-state index contributed by atoms with van der Waals surface area (Å²) in [5.74, 6) is -1.96. The molecule has 4 rings (SSSR count). The van der Waals surface area contributed by atoms with Gasteiger partial charge in [-0.15, -0.1) is 0 Å². The fourth-order valence-corrected chi connectivity index (χ4v) is 5.75. The molecule has 0 bridgehead atoms. The van der Waals surface area contributed by atoms with Crippen molar-refractivity contribution in [2.24, 2.45) is 10.9 Å². The number of hydrogen-bond donors (Lipinski definition) is 4. The summed E-state index contributed by atoms with van der Waals surface area (Å²) in [4.78, 5) is 17.7. The van der Waals surface area contributed by atoms with E-state index in [1.807, 2.05) is 6.92 Å². The summed E-state index contributed by atoms with van der Waals surface area (Å²) in [6.45, 7) is 2.24. The number of carbonyl (C=O) groups is 1. The Kier molecular flexibility index (Phi) is 9.99. The van der Waals surface area contributed by atoms with Crippen LogP contribution in [0.1, 0.15) is 74.2 Å². The van der Waals surface area contributed by atoms with Gasteiger partial charge in [0, 0.05) is 31.2 Å². The minimum absolute atomic E-state index is 0.136. The van der Waals surface area contributed by atoms with Gasteiger partial charge in [0.1, 0.15) is 23.6 Å². The number of amides is 1. The zero-order valence-electron chi connectivity index (χ0n) is 22.5. The Balaban J connectivity index is 1.63. The lowest BCUT2D eigenvalue weighted by Crippen LogP contribution is -2.48. The second kappa shape index (κ2) is 13.4. The normalized spacial score (nSPS) is 23.6. The van der Waals surface area contributed by atoms with Crippen LogP contribution in [0.15, 0.2) is 47.5 Å². The molecule has 1 saturated carbocycles. The van der Waals surface area contributed by atoms with Crippen LogP contribution in [0.5, 0.6) is 0 Å². The van der Waals surface area contributed by atoms with Crippen molar-refractivity contribution in [1.29, 1.82) is 0 Å². The van der Waals surface area contributed by atoms with E-state index in [0.29, 0.717) is 18.6 Å². The lowest BCUT2D eigenvalue weighted by Gasteiger charge is -2.39. The molecule has 0 spiro atoms. The highest BCUT2D eigenvalue weighted by molar-refractivity contribution is 6.05. The largest absolute Gasteiger partial charge is 0.383 e. The number of carbonyl (C=O) groups excluding carboxylic acids is 1. The molecule has 0 radical (unpaired) electrons. The van der Waals surface area contributed by atoms with Gasteiger partial charge in [0.25, 0.3) is 5.91 Å². The number of rotatable bonds is 7. The van der Waals surface area contributed by atoms with Gasteiger partial charge in [-0.2, -0.15) is 0 Å². The molecule has 2 aromatic rings. The Hall–Kier alpha value is -2.95. The van der Waals surface area contributed by atoms with Crippen LogP contribution in [-0.4, -0.2) is 37.8 Å². The highest BCUT2D eigenvalue weighted by atomic mass is 19.1. The van der Waals surface area contributed by atoms with Crippen molar-refractivity contribution < 1.29 is 22.7 Å². The second-order valence-electron chi connectivity index (χ2n) is 10.6. The number of aliphatic imine (C=N–C) groups is 1.